The quantitative estimate of drug-likeness (QED) is 0.850. The first-order chi connectivity index (χ1) is 7.77. The molecule has 0 aliphatic rings. The van der Waals surface area contributed by atoms with Crippen molar-refractivity contribution in [1.29, 1.82) is 0 Å². The first-order valence-corrected chi connectivity index (χ1v) is 5.35. The van der Waals surface area contributed by atoms with Crippen LogP contribution in [0.4, 0.5) is 0 Å². The lowest BCUT2D eigenvalue weighted by Crippen LogP contribution is -2.17. The van der Waals surface area contributed by atoms with Crippen LogP contribution < -0.4 is 5.56 Å². The summed E-state index contributed by atoms with van der Waals surface area (Å²) in [5, 5.41) is 0. The Morgan fingerprint density at radius 3 is 2.75 bits per heavy atom. The molecule has 1 aromatic carbocycles. The highest BCUT2D eigenvalue weighted by Crippen LogP contribution is 2.14. The van der Waals surface area contributed by atoms with E-state index >= 15 is 0 Å². The Bertz CT molecular complexity index is 505. The maximum absolute atomic E-state index is 11.5. The van der Waals surface area contributed by atoms with Crippen LogP contribution in [0.15, 0.2) is 47.5 Å². The number of benzene rings is 1. The largest absolute Gasteiger partial charge is 0.326 e. The van der Waals surface area contributed by atoms with E-state index in [1.807, 2.05) is 25.1 Å². The third-order valence-electron chi connectivity index (χ3n) is 2.59. The van der Waals surface area contributed by atoms with Gasteiger partial charge >= 0.3 is 0 Å². The topological polar surface area (TPSA) is 45.8 Å². The average Bonchev–Trinajstić information content (AvgIpc) is 2.31. The van der Waals surface area contributed by atoms with Crippen LogP contribution in [0.25, 0.3) is 0 Å². The number of nitrogens with one attached hydrogen (secondary N) is 1. The van der Waals surface area contributed by atoms with Gasteiger partial charge in [-0.15, -0.1) is 0 Å². The Kier molecular flexibility index (Phi) is 3.15. The van der Waals surface area contributed by atoms with E-state index in [-0.39, 0.29) is 11.5 Å². The summed E-state index contributed by atoms with van der Waals surface area (Å²) in [7, 11) is 0. The van der Waals surface area contributed by atoms with Gasteiger partial charge in [0.05, 0.1) is 0 Å². The number of nitrogens with zero attached hydrogens (tertiary/aromatic N) is 1. The number of hydrogen-bond donors (Lipinski definition) is 1. The van der Waals surface area contributed by atoms with Gasteiger partial charge in [-0.25, -0.2) is 0 Å². The molecule has 0 fully saturated rings. The molecule has 0 radical (unpaired) electrons. The lowest BCUT2D eigenvalue weighted by atomic mass is 9.98. The predicted molar refractivity (Wildman–Crippen MR) is 63.4 cm³/mol. The summed E-state index contributed by atoms with van der Waals surface area (Å²) in [5.74, 6) is 0.132. The third-order valence-corrected chi connectivity index (χ3v) is 2.59. The lowest BCUT2D eigenvalue weighted by Gasteiger charge is -2.09. The highest BCUT2D eigenvalue weighted by atomic mass is 16.1. The second-order valence-corrected chi connectivity index (χ2v) is 3.89. The fraction of sp³-hybridized carbons (Fsp3) is 0.231. The molecular weight excluding hydrogens is 200 g/mol. The van der Waals surface area contributed by atoms with Crippen LogP contribution in [-0.2, 0) is 6.42 Å². The molecule has 82 valence electrons. The van der Waals surface area contributed by atoms with Gasteiger partial charge in [0.25, 0.3) is 5.56 Å². The molecule has 0 saturated carbocycles. The van der Waals surface area contributed by atoms with Crippen molar-refractivity contribution in [2.24, 2.45) is 0 Å². The standard InChI is InChI=1S/C13H14N2O/c1-10(9-11-5-3-2-4-6-11)12-13(16)15-8-7-14-12/h2-8,10H,9H2,1H3,(H,15,16). The van der Waals surface area contributed by atoms with Crippen molar-refractivity contribution >= 4 is 0 Å². The highest BCUT2D eigenvalue weighted by Gasteiger charge is 2.11. The van der Waals surface area contributed by atoms with Crippen molar-refractivity contribution in [2.75, 3.05) is 0 Å². The van der Waals surface area contributed by atoms with Gasteiger partial charge < -0.3 is 4.98 Å². The van der Waals surface area contributed by atoms with Crippen molar-refractivity contribution in [3.8, 4) is 0 Å². The number of hydrogen-bond acceptors (Lipinski definition) is 2. The zero-order chi connectivity index (χ0) is 11.4. The maximum Gasteiger partial charge on any atom is 0.269 e. The van der Waals surface area contributed by atoms with Gasteiger partial charge in [-0.1, -0.05) is 37.3 Å². The molecule has 0 saturated heterocycles. The van der Waals surface area contributed by atoms with Crippen molar-refractivity contribution in [1.82, 2.24) is 9.97 Å². The molecule has 0 spiro atoms. The van der Waals surface area contributed by atoms with Gasteiger partial charge in [0.1, 0.15) is 5.69 Å². The Morgan fingerprint density at radius 2 is 2.06 bits per heavy atom. The molecule has 0 amide bonds. The van der Waals surface area contributed by atoms with E-state index in [9.17, 15) is 4.79 Å². The number of aromatic nitrogens is 2. The first-order valence-electron chi connectivity index (χ1n) is 5.35. The smallest absolute Gasteiger partial charge is 0.269 e. The fourth-order valence-corrected chi connectivity index (χ4v) is 1.78. The third kappa shape index (κ3) is 2.37. The van der Waals surface area contributed by atoms with Crippen LogP contribution in [0.1, 0.15) is 24.1 Å². The molecule has 2 aromatic rings. The minimum absolute atomic E-state index is 0.0917. The molecule has 1 aromatic heterocycles. The van der Waals surface area contributed by atoms with Gasteiger partial charge in [0.15, 0.2) is 0 Å². The molecule has 0 aliphatic carbocycles. The molecule has 0 aliphatic heterocycles. The van der Waals surface area contributed by atoms with Crippen LogP contribution in [-0.4, -0.2) is 9.97 Å². The van der Waals surface area contributed by atoms with Gasteiger partial charge in [0.2, 0.25) is 0 Å². The summed E-state index contributed by atoms with van der Waals surface area (Å²) in [6.07, 6.45) is 4.01. The zero-order valence-electron chi connectivity index (χ0n) is 9.18. The molecule has 2 rings (SSSR count). The molecule has 3 heteroatoms. The van der Waals surface area contributed by atoms with Gasteiger partial charge in [-0.3, -0.25) is 9.78 Å². The number of H-pyrrole nitrogens is 1. The molecule has 3 nitrogen and oxygen atoms in total. The average molecular weight is 214 g/mol. The van der Waals surface area contributed by atoms with Crippen molar-refractivity contribution in [3.05, 3.63) is 64.3 Å². The van der Waals surface area contributed by atoms with Crippen LogP contribution >= 0.6 is 0 Å². The predicted octanol–water partition coefficient (Wildman–Crippen LogP) is 2.12. The van der Waals surface area contributed by atoms with Crippen LogP contribution in [0.5, 0.6) is 0 Å². The monoisotopic (exact) mass is 214 g/mol. The molecule has 1 unspecified atom stereocenters. The summed E-state index contributed by atoms with van der Waals surface area (Å²) in [5.41, 5.74) is 1.73. The summed E-state index contributed by atoms with van der Waals surface area (Å²) in [6.45, 7) is 2.02. The summed E-state index contributed by atoms with van der Waals surface area (Å²) in [4.78, 5) is 18.3. The summed E-state index contributed by atoms with van der Waals surface area (Å²) >= 11 is 0. The lowest BCUT2D eigenvalue weighted by molar-refractivity contribution is 0.714. The fourth-order valence-electron chi connectivity index (χ4n) is 1.78. The van der Waals surface area contributed by atoms with Gasteiger partial charge in [-0.2, -0.15) is 0 Å². The normalized spacial score (nSPS) is 12.3. The maximum atomic E-state index is 11.5. The minimum Gasteiger partial charge on any atom is -0.326 e. The highest BCUT2D eigenvalue weighted by molar-refractivity contribution is 5.18. The second kappa shape index (κ2) is 4.75. The van der Waals surface area contributed by atoms with E-state index in [1.54, 1.807) is 12.4 Å². The molecule has 1 N–H and O–H groups in total. The Balaban J connectivity index is 2.18. The Labute approximate surface area is 94.2 Å². The van der Waals surface area contributed by atoms with E-state index in [1.165, 1.54) is 5.56 Å². The van der Waals surface area contributed by atoms with Gasteiger partial charge in [-0.05, 0) is 12.0 Å². The van der Waals surface area contributed by atoms with Crippen molar-refractivity contribution in [2.45, 2.75) is 19.3 Å². The van der Waals surface area contributed by atoms with Crippen molar-refractivity contribution < 1.29 is 0 Å². The van der Waals surface area contributed by atoms with E-state index in [4.69, 9.17) is 0 Å². The first kappa shape index (κ1) is 10.6. The van der Waals surface area contributed by atoms with Crippen LogP contribution in [0.2, 0.25) is 0 Å². The van der Waals surface area contributed by atoms with E-state index in [2.05, 4.69) is 22.1 Å². The molecule has 16 heavy (non-hydrogen) atoms. The Hall–Kier alpha value is -1.90. The van der Waals surface area contributed by atoms with E-state index < -0.39 is 0 Å². The van der Waals surface area contributed by atoms with Crippen molar-refractivity contribution in [3.63, 3.8) is 0 Å². The van der Waals surface area contributed by atoms with Crippen LogP contribution in [0, 0.1) is 0 Å². The number of aromatic amines is 1. The molecule has 1 atom stereocenters. The number of rotatable bonds is 3. The summed E-state index contributed by atoms with van der Waals surface area (Å²) < 4.78 is 0. The molecular formula is C13H14N2O. The zero-order valence-corrected chi connectivity index (χ0v) is 9.18. The molecule has 0 bridgehead atoms. The second-order valence-electron chi connectivity index (χ2n) is 3.89. The van der Waals surface area contributed by atoms with Crippen LogP contribution in [0.3, 0.4) is 0 Å². The van der Waals surface area contributed by atoms with Gasteiger partial charge in [0, 0.05) is 18.3 Å². The Morgan fingerprint density at radius 1 is 1.31 bits per heavy atom. The minimum atomic E-state index is -0.0917. The van der Waals surface area contributed by atoms with E-state index in [0.717, 1.165) is 6.42 Å². The SMILES string of the molecule is CC(Cc1ccccc1)c1ncc[nH]c1=O. The summed E-state index contributed by atoms with van der Waals surface area (Å²) in [6, 6.07) is 10.1. The van der Waals surface area contributed by atoms with E-state index in [0.29, 0.717) is 5.69 Å². The molecule has 1 heterocycles.